The molecule has 1 unspecified atom stereocenters. The number of rotatable bonds is 1. The van der Waals surface area contributed by atoms with Crippen molar-refractivity contribution >= 4 is 45.2 Å². The third-order valence-electron chi connectivity index (χ3n) is 6.53. The normalized spacial score (nSPS) is 17.6. The first kappa shape index (κ1) is 15.9. The molecule has 5 aromatic rings. The molecule has 1 aliphatic heterocycles. The van der Waals surface area contributed by atoms with Crippen LogP contribution in [0.3, 0.4) is 0 Å². The van der Waals surface area contributed by atoms with E-state index in [1.807, 2.05) is 0 Å². The first-order valence-corrected chi connectivity index (χ1v) is 12.4. The predicted octanol–water partition coefficient (Wildman–Crippen LogP) is 5.07. The summed E-state index contributed by atoms with van der Waals surface area (Å²) in [7, 11) is -2.07. The average Bonchev–Trinajstić information content (AvgIpc) is 2.78. The Kier molecular flexibility index (Phi) is 3.21. The van der Waals surface area contributed by atoms with Gasteiger partial charge < -0.3 is 0 Å². The molecule has 0 aliphatic carbocycles. The van der Waals surface area contributed by atoms with Gasteiger partial charge in [-0.1, -0.05) is 104 Å². The molecule has 1 heteroatoms. The van der Waals surface area contributed by atoms with Crippen molar-refractivity contribution in [3.63, 3.8) is 0 Å². The Morgan fingerprint density at radius 2 is 1.21 bits per heavy atom. The van der Waals surface area contributed by atoms with Crippen LogP contribution >= 0.6 is 0 Å². The average molecular weight is 373 g/mol. The molecule has 0 spiro atoms. The Bertz CT molecular complexity index is 1370. The smallest absolute Gasteiger partial charge is 0.0624 e. The van der Waals surface area contributed by atoms with Gasteiger partial charge in [0.1, 0.15) is 8.07 Å². The van der Waals surface area contributed by atoms with E-state index in [-0.39, 0.29) is 0 Å². The van der Waals surface area contributed by atoms with Crippen LogP contribution in [0.2, 0.25) is 6.55 Å². The number of benzene rings is 5. The van der Waals surface area contributed by atoms with Gasteiger partial charge >= 0.3 is 0 Å². The molecule has 0 bridgehead atoms. The molecule has 0 amide bonds. The van der Waals surface area contributed by atoms with Crippen molar-refractivity contribution in [1.29, 1.82) is 0 Å². The fourth-order valence-electron chi connectivity index (χ4n) is 5.17. The highest BCUT2D eigenvalue weighted by Gasteiger charge is 2.40. The van der Waals surface area contributed by atoms with E-state index < -0.39 is 8.07 Å². The molecule has 132 valence electrons. The summed E-state index contributed by atoms with van der Waals surface area (Å²) in [5.41, 5.74) is 2.80. The third kappa shape index (κ3) is 1.94. The first-order valence-electron chi connectivity index (χ1n) is 9.89. The largest absolute Gasteiger partial charge is 0.147 e. The Morgan fingerprint density at radius 1 is 0.536 bits per heavy atom. The highest BCUT2D eigenvalue weighted by Crippen LogP contribution is 2.37. The zero-order chi connectivity index (χ0) is 18.7. The van der Waals surface area contributed by atoms with Gasteiger partial charge in [0.2, 0.25) is 0 Å². The molecule has 0 N–H and O–H groups in total. The van der Waals surface area contributed by atoms with Crippen LogP contribution in [0, 0.1) is 0 Å². The molecule has 0 saturated heterocycles. The lowest BCUT2D eigenvalue weighted by Gasteiger charge is -2.37. The number of hydrogen-bond acceptors (Lipinski definition) is 0. The second-order valence-corrected chi connectivity index (χ2v) is 11.8. The van der Waals surface area contributed by atoms with Crippen molar-refractivity contribution in [3.8, 4) is 11.1 Å². The van der Waals surface area contributed by atoms with Crippen LogP contribution in [0.5, 0.6) is 0 Å². The van der Waals surface area contributed by atoms with Gasteiger partial charge in [-0.3, -0.25) is 0 Å². The van der Waals surface area contributed by atoms with E-state index in [1.165, 1.54) is 48.2 Å². The van der Waals surface area contributed by atoms with Crippen molar-refractivity contribution in [3.05, 3.63) is 103 Å². The fraction of sp³-hybridized carbons (Fsp3) is 0.0370. The topological polar surface area (TPSA) is 0 Å². The lowest BCUT2D eigenvalue weighted by atomic mass is 9.93. The molecule has 0 saturated carbocycles. The lowest BCUT2D eigenvalue weighted by Crippen LogP contribution is -2.66. The van der Waals surface area contributed by atoms with Crippen molar-refractivity contribution in [2.45, 2.75) is 6.55 Å². The number of hydrogen-bond donors (Lipinski definition) is 0. The maximum absolute atomic E-state index is 2.52. The summed E-state index contributed by atoms with van der Waals surface area (Å²) in [5, 5.41) is 10.1. The summed E-state index contributed by atoms with van der Waals surface area (Å²) in [6, 6.07) is 38.4. The first-order chi connectivity index (χ1) is 13.8. The van der Waals surface area contributed by atoms with Crippen molar-refractivity contribution in [2.24, 2.45) is 0 Å². The van der Waals surface area contributed by atoms with Gasteiger partial charge in [-0.25, -0.2) is 0 Å². The third-order valence-corrected chi connectivity index (χ3v) is 11.0. The Hall–Kier alpha value is -3.16. The molecular formula is C27H20Si. The summed E-state index contributed by atoms with van der Waals surface area (Å²) in [6.07, 6.45) is 0. The van der Waals surface area contributed by atoms with E-state index in [0.29, 0.717) is 0 Å². The van der Waals surface area contributed by atoms with Crippen LogP contribution in [0.1, 0.15) is 0 Å². The Balaban J connectivity index is 1.87. The van der Waals surface area contributed by atoms with Crippen LogP contribution < -0.4 is 15.6 Å². The SMILES string of the molecule is C[Si]1(c2ccccc2)c2ccccc2-c2cc3ccccc3c3cccc1c23. The van der Waals surface area contributed by atoms with Crippen LogP contribution in [-0.4, -0.2) is 8.07 Å². The maximum atomic E-state index is 2.52. The minimum Gasteiger partial charge on any atom is -0.0624 e. The summed E-state index contributed by atoms with van der Waals surface area (Å²) >= 11 is 0. The lowest BCUT2D eigenvalue weighted by molar-refractivity contribution is 1.64. The molecule has 0 radical (unpaired) electrons. The van der Waals surface area contributed by atoms with Gasteiger partial charge in [0.25, 0.3) is 0 Å². The van der Waals surface area contributed by atoms with Gasteiger partial charge in [-0.2, -0.15) is 0 Å². The van der Waals surface area contributed by atoms with Gasteiger partial charge in [-0.15, -0.1) is 0 Å². The van der Waals surface area contributed by atoms with E-state index >= 15 is 0 Å². The highest BCUT2D eigenvalue weighted by atomic mass is 28.3. The minimum absolute atomic E-state index is 1.32. The molecule has 0 aromatic heterocycles. The Morgan fingerprint density at radius 3 is 2.11 bits per heavy atom. The molecule has 28 heavy (non-hydrogen) atoms. The molecular weight excluding hydrogens is 352 g/mol. The molecule has 0 nitrogen and oxygen atoms in total. The summed E-state index contributed by atoms with van der Waals surface area (Å²) in [4.78, 5) is 0. The van der Waals surface area contributed by atoms with E-state index in [2.05, 4.69) is 110 Å². The predicted molar refractivity (Wildman–Crippen MR) is 124 cm³/mol. The van der Waals surface area contributed by atoms with Gasteiger partial charge in [0.15, 0.2) is 0 Å². The molecule has 5 aromatic carbocycles. The van der Waals surface area contributed by atoms with Gasteiger partial charge in [0.05, 0.1) is 0 Å². The van der Waals surface area contributed by atoms with Crippen molar-refractivity contribution in [2.75, 3.05) is 0 Å². The van der Waals surface area contributed by atoms with E-state index in [0.717, 1.165) is 0 Å². The molecule has 1 atom stereocenters. The zero-order valence-electron chi connectivity index (χ0n) is 15.8. The van der Waals surface area contributed by atoms with Crippen LogP contribution in [0.4, 0.5) is 0 Å². The summed E-state index contributed by atoms with van der Waals surface area (Å²) in [6.45, 7) is 2.52. The minimum atomic E-state index is -2.07. The fourth-order valence-corrected chi connectivity index (χ4v) is 9.33. The van der Waals surface area contributed by atoms with E-state index in [9.17, 15) is 0 Å². The van der Waals surface area contributed by atoms with Crippen molar-refractivity contribution in [1.82, 2.24) is 0 Å². The second kappa shape index (κ2) is 5.67. The van der Waals surface area contributed by atoms with E-state index in [1.54, 1.807) is 0 Å². The van der Waals surface area contributed by atoms with Gasteiger partial charge in [-0.05, 0) is 54.3 Å². The Labute approximate surface area is 166 Å². The zero-order valence-corrected chi connectivity index (χ0v) is 16.8. The standard InChI is InChI=1S/C27H20Si/c1-28(20-11-3-2-4-12-20)25-16-8-7-14-22(25)24-18-19-10-5-6-13-21(19)23-15-9-17-26(28)27(23)24/h2-18H,1H3. The summed E-state index contributed by atoms with van der Waals surface area (Å²) in [5.74, 6) is 0. The quantitative estimate of drug-likeness (QED) is 0.285. The van der Waals surface area contributed by atoms with Crippen LogP contribution in [-0.2, 0) is 0 Å². The summed E-state index contributed by atoms with van der Waals surface area (Å²) < 4.78 is 0. The molecule has 6 rings (SSSR count). The monoisotopic (exact) mass is 372 g/mol. The van der Waals surface area contributed by atoms with Crippen LogP contribution in [0.15, 0.2) is 103 Å². The molecule has 1 heterocycles. The highest BCUT2D eigenvalue weighted by molar-refractivity contribution is 7.13. The second-order valence-electron chi connectivity index (χ2n) is 7.91. The van der Waals surface area contributed by atoms with E-state index in [4.69, 9.17) is 0 Å². The maximum Gasteiger partial charge on any atom is 0.147 e. The van der Waals surface area contributed by atoms with Crippen LogP contribution in [0.25, 0.3) is 32.7 Å². The molecule has 1 aliphatic rings. The molecule has 0 fully saturated rings. The van der Waals surface area contributed by atoms with Crippen molar-refractivity contribution < 1.29 is 0 Å². The number of fused-ring (bicyclic) bond motifs is 4. The van der Waals surface area contributed by atoms with Gasteiger partial charge in [0, 0.05) is 0 Å².